The monoisotopic (exact) mass is 369 g/mol. The van der Waals surface area contributed by atoms with Crippen molar-refractivity contribution in [3.63, 3.8) is 0 Å². The largest absolute Gasteiger partial charge is 0.452 e. The Morgan fingerprint density at radius 3 is 2.22 bits per heavy atom. The molecule has 5 heteroatoms. The van der Waals surface area contributed by atoms with Gasteiger partial charge in [-0.15, -0.1) is 0 Å². The van der Waals surface area contributed by atoms with Crippen LogP contribution in [-0.2, 0) is 19.7 Å². The number of benzene rings is 2. The molecule has 0 N–H and O–H groups in total. The molecule has 0 radical (unpaired) electrons. The molecular weight excluding hydrogens is 345 g/mol. The Kier molecular flexibility index (Phi) is 5.59. The van der Waals surface area contributed by atoms with Crippen LogP contribution in [-0.4, -0.2) is 25.0 Å². The SMILES string of the molecule is C[C@H](OC(=O)C1(c2ccc(F)cc2)CCCC1)C(=O)N(C)c1ccccc1. The summed E-state index contributed by atoms with van der Waals surface area (Å²) in [6.07, 6.45) is 2.19. The predicted molar refractivity (Wildman–Crippen MR) is 102 cm³/mol. The summed E-state index contributed by atoms with van der Waals surface area (Å²) in [6.45, 7) is 1.59. The first-order valence-electron chi connectivity index (χ1n) is 9.24. The first-order chi connectivity index (χ1) is 12.9. The maximum atomic E-state index is 13.3. The fraction of sp³-hybridized carbons (Fsp3) is 0.364. The molecule has 0 heterocycles. The zero-order chi connectivity index (χ0) is 19.4. The van der Waals surface area contributed by atoms with Crippen molar-refractivity contribution < 1.29 is 18.7 Å². The maximum Gasteiger partial charge on any atom is 0.317 e. The third kappa shape index (κ3) is 3.87. The van der Waals surface area contributed by atoms with Gasteiger partial charge in [0, 0.05) is 12.7 Å². The molecule has 1 fully saturated rings. The Bertz CT molecular complexity index is 798. The van der Waals surface area contributed by atoms with Gasteiger partial charge in [0.05, 0.1) is 5.41 Å². The highest BCUT2D eigenvalue weighted by atomic mass is 19.1. The van der Waals surface area contributed by atoms with E-state index in [1.165, 1.54) is 17.0 Å². The summed E-state index contributed by atoms with van der Waals surface area (Å²) < 4.78 is 18.9. The molecule has 1 aliphatic rings. The lowest BCUT2D eigenvalue weighted by Crippen LogP contribution is -2.42. The number of anilines is 1. The van der Waals surface area contributed by atoms with Gasteiger partial charge < -0.3 is 9.64 Å². The van der Waals surface area contributed by atoms with Crippen molar-refractivity contribution in [3.05, 3.63) is 66.0 Å². The van der Waals surface area contributed by atoms with E-state index in [-0.39, 0.29) is 11.7 Å². The number of nitrogens with zero attached hydrogens (tertiary/aromatic N) is 1. The summed E-state index contributed by atoms with van der Waals surface area (Å²) >= 11 is 0. The van der Waals surface area contributed by atoms with Gasteiger partial charge in [0.25, 0.3) is 5.91 Å². The zero-order valence-corrected chi connectivity index (χ0v) is 15.7. The van der Waals surface area contributed by atoms with Crippen LogP contribution < -0.4 is 4.90 Å². The number of carbonyl (C=O) groups excluding carboxylic acids is 2. The topological polar surface area (TPSA) is 46.6 Å². The Morgan fingerprint density at radius 2 is 1.63 bits per heavy atom. The van der Waals surface area contributed by atoms with E-state index >= 15 is 0 Å². The van der Waals surface area contributed by atoms with Crippen LogP contribution >= 0.6 is 0 Å². The molecule has 0 aromatic heterocycles. The van der Waals surface area contributed by atoms with Crippen molar-refractivity contribution in [1.29, 1.82) is 0 Å². The van der Waals surface area contributed by atoms with E-state index in [9.17, 15) is 14.0 Å². The number of carbonyl (C=O) groups is 2. The number of para-hydroxylation sites is 1. The molecule has 3 rings (SSSR count). The van der Waals surface area contributed by atoms with E-state index < -0.39 is 17.5 Å². The van der Waals surface area contributed by atoms with Gasteiger partial charge in [-0.05, 0) is 49.6 Å². The second-order valence-corrected chi connectivity index (χ2v) is 7.08. The van der Waals surface area contributed by atoms with Crippen molar-refractivity contribution in [2.45, 2.75) is 44.1 Å². The van der Waals surface area contributed by atoms with Crippen LogP contribution in [0.3, 0.4) is 0 Å². The van der Waals surface area contributed by atoms with Gasteiger partial charge in [0.2, 0.25) is 0 Å². The van der Waals surface area contributed by atoms with Crippen LogP contribution in [0.25, 0.3) is 0 Å². The van der Waals surface area contributed by atoms with Crippen molar-refractivity contribution in [2.75, 3.05) is 11.9 Å². The highest BCUT2D eigenvalue weighted by Crippen LogP contribution is 2.42. The molecule has 2 aromatic rings. The van der Waals surface area contributed by atoms with E-state index in [1.54, 1.807) is 26.1 Å². The van der Waals surface area contributed by atoms with E-state index in [0.29, 0.717) is 12.8 Å². The smallest absolute Gasteiger partial charge is 0.317 e. The van der Waals surface area contributed by atoms with Crippen molar-refractivity contribution in [2.24, 2.45) is 0 Å². The Hall–Kier alpha value is -2.69. The molecule has 1 aliphatic carbocycles. The molecule has 1 atom stereocenters. The molecule has 0 unspecified atom stereocenters. The molecule has 0 saturated heterocycles. The second-order valence-electron chi connectivity index (χ2n) is 7.08. The number of likely N-dealkylation sites (N-methyl/N-ethyl adjacent to an activating group) is 1. The van der Waals surface area contributed by atoms with Gasteiger partial charge in [-0.2, -0.15) is 0 Å². The third-order valence-corrected chi connectivity index (χ3v) is 5.35. The predicted octanol–water partition coefficient (Wildman–Crippen LogP) is 4.23. The molecule has 27 heavy (non-hydrogen) atoms. The van der Waals surface area contributed by atoms with E-state index in [0.717, 1.165) is 24.1 Å². The van der Waals surface area contributed by atoms with Crippen LogP contribution in [0.1, 0.15) is 38.2 Å². The number of hydrogen-bond acceptors (Lipinski definition) is 3. The molecule has 142 valence electrons. The standard InChI is InChI=1S/C22H24FNO3/c1-16(20(25)24(2)19-8-4-3-5-9-19)27-21(26)22(14-6-7-15-22)17-10-12-18(23)13-11-17/h3-5,8-13,16H,6-7,14-15H2,1-2H3/t16-/m0/s1. The molecule has 0 aliphatic heterocycles. The summed E-state index contributed by atoms with van der Waals surface area (Å²) in [5, 5.41) is 0. The van der Waals surface area contributed by atoms with E-state index in [2.05, 4.69) is 0 Å². The van der Waals surface area contributed by atoms with Crippen molar-refractivity contribution >= 4 is 17.6 Å². The number of amides is 1. The molecule has 1 amide bonds. The summed E-state index contributed by atoms with van der Waals surface area (Å²) in [7, 11) is 1.66. The number of esters is 1. The number of hydrogen-bond donors (Lipinski definition) is 0. The van der Waals surface area contributed by atoms with Gasteiger partial charge in [-0.1, -0.05) is 43.2 Å². The lowest BCUT2D eigenvalue weighted by atomic mass is 9.79. The highest BCUT2D eigenvalue weighted by Gasteiger charge is 2.45. The summed E-state index contributed by atoms with van der Waals surface area (Å²) in [6, 6.07) is 15.2. The lowest BCUT2D eigenvalue weighted by Gasteiger charge is -2.29. The molecule has 2 aromatic carbocycles. The first-order valence-corrected chi connectivity index (χ1v) is 9.24. The summed E-state index contributed by atoms with van der Waals surface area (Å²) in [4.78, 5) is 27.2. The van der Waals surface area contributed by atoms with Gasteiger partial charge in [-0.3, -0.25) is 9.59 Å². The van der Waals surface area contributed by atoms with Crippen LogP contribution in [0.4, 0.5) is 10.1 Å². The number of rotatable bonds is 5. The Labute approximate surface area is 158 Å². The lowest BCUT2D eigenvalue weighted by molar-refractivity contribution is -0.159. The average Bonchev–Trinajstić information content (AvgIpc) is 3.19. The van der Waals surface area contributed by atoms with Crippen LogP contribution in [0.5, 0.6) is 0 Å². The van der Waals surface area contributed by atoms with Crippen LogP contribution in [0.15, 0.2) is 54.6 Å². The molecule has 4 nitrogen and oxygen atoms in total. The van der Waals surface area contributed by atoms with Gasteiger partial charge in [-0.25, -0.2) is 4.39 Å². The van der Waals surface area contributed by atoms with Crippen LogP contribution in [0.2, 0.25) is 0 Å². The van der Waals surface area contributed by atoms with E-state index in [1.807, 2.05) is 30.3 Å². The maximum absolute atomic E-state index is 13.3. The molecule has 0 bridgehead atoms. The van der Waals surface area contributed by atoms with Gasteiger partial charge in [0.1, 0.15) is 5.82 Å². The quantitative estimate of drug-likeness (QED) is 0.741. The summed E-state index contributed by atoms with van der Waals surface area (Å²) in [5.74, 6) is -1.04. The Balaban J connectivity index is 1.76. The van der Waals surface area contributed by atoms with Gasteiger partial charge >= 0.3 is 5.97 Å². The molecule has 1 saturated carbocycles. The average molecular weight is 369 g/mol. The van der Waals surface area contributed by atoms with Crippen molar-refractivity contribution in [1.82, 2.24) is 0 Å². The zero-order valence-electron chi connectivity index (χ0n) is 15.7. The third-order valence-electron chi connectivity index (χ3n) is 5.35. The van der Waals surface area contributed by atoms with Gasteiger partial charge in [0.15, 0.2) is 6.10 Å². The molecule has 0 spiro atoms. The summed E-state index contributed by atoms with van der Waals surface area (Å²) in [5.41, 5.74) is 0.690. The minimum absolute atomic E-state index is 0.290. The highest BCUT2D eigenvalue weighted by molar-refractivity contribution is 5.97. The molecular formula is C22H24FNO3. The normalized spacial score (nSPS) is 16.6. The van der Waals surface area contributed by atoms with Crippen LogP contribution in [0, 0.1) is 5.82 Å². The Morgan fingerprint density at radius 1 is 1.04 bits per heavy atom. The number of ether oxygens (including phenoxy) is 1. The fourth-order valence-corrected chi connectivity index (χ4v) is 3.73. The van der Waals surface area contributed by atoms with E-state index in [4.69, 9.17) is 4.74 Å². The van der Waals surface area contributed by atoms with Crippen molar-refractivity contribution in [3.8, 4) is 0 Å². The first kappa shape index (κ1) is 19.1. The minimum atomic E-state index is -0.902. The second kappa shape index (κ2) is 7.91. The minimum Gasteiger partial charge on any atom is -0.452 e. The number of halogens is 1. The fourth-order valence-electron chi connectivity index (χ4n) is 3.73.